The van der Waals surface area contributed by atoms with E-state index in [1.165, 1.54) is 4.68 Å². The Labute approximate surface area is 110 Å². The third kappa shape index (κ3) is 2.79. The summed E-state index contributed by atoms with van der Waals surface area (Å²) in [5.74, 6) is -1.21. The quantitative estimate of drug-likeness (QED) is 0.602. The highest BCUT2D eigenvalue weighted by Crippen LogP contribution is 2.13. The van der Waals surface area contributed by atoms with E-state index < -0.39 is 11.7 Å². The number of benzene rings is 1. The minimum Gasteiger partial charge on any atom is -0.539 e. The minimum absolute atomic E-state index is 0.0917. The number of ketones is 1. The van der Waals surface area contributed by atoms with Gasteiger partial charge >= 0.3 is 5.69 Å². The zero-order chi connectivity index (χ0) is 13.8. The summed E-state index contributed by atoms with van der Waals surface area (Å²) in [4.78, 5) is 11.6. The molecule has 1 unspecified atom stereocenters. The van der Waals surface area contributed by atoms with Crippen molar-refractivity contribution in [2.24, 2.45) is 5.73 Å². The van der Waals surface area contributed by atoms with Gasteiger partial charge in [0.2, 0.25) is 5.78 Å². The number of Topliss-reactive ketones (excluding diaryl/α,β-unsaturated/α-hetero) is 1. The van der Waals surface area contributed by atoms with Crippen LogP contribution in [0.5, 0.6) is 5.95 Å². The van der Waals surface area contributed by atoms with E-state index in [-0.39, 0.29) is 18.3 Å². The highest BCUT2D eigenvalue weighted by molar-refractivity contribution is 5.95. The Kier molecular flexibility index (Phi) is 3.91. The SMILES string of the molecule is CC(Cc1ccccc1)[n+]1noc([O-])c1C(=O)CN. The Morgan fingerprint density at radius 3 is 2.79 bits per heavy atom. The van der Waals surface area contributed by atoms with E-state index in [0.717, 1.165) is 5.56 Å². The molecule has 2 rings (SSSR count). The number of aromatic nitrogens is 2. The maximum absolute atomic E-state index is 11.6. The molecule has 19 heavy (non-hydrogen) atoms. The fraction of sp³-hybridized carbons (Fsp3) is 0.308. The molecule has 0 aliphatic heterocycles. The van der Waals surface area contributed by atoms with Crippen LogP contribution in [0.2, 0.25) is 0 Å². The molecule has 2 aromatic rings. The third-order valence-corrected chi connectivity index (χ3v) is 2.88. The van der Waals surface area contributed by atoms with Gasteiger partial charge in [-0.15, -0.1) is 0 Å². The minimum atomic E-state index is -0.740. The standard InChI is InChI=1S/C13H15N3O3/c1-9(7-10-5-3-2-4-6-10)16-12(11(17)8-14)13(18)19-15-16/h2-6,9H,7-8,14H2,1H3. The molecule has 1 atom stereocenters. The van der Waals surface area contributed by atoms with Crippen LogP contribution in [-0.2, 0) is 6.42 Å². The topological polar surface area (TPSA) is 96.1 Å². The summed E-state index contributed by atoms with van der Waals surface area (Å²) >= 11 is 0. The number of carbonyl (C=O) groups excluding carboxylic acids is 1. The van der Waals surface area contributed by atoms with Crippen molar-refractivity contribution in [1.82, 2.24) is 5.27 Å². The van der Waals surface area contributed by atoms with Gasteiger partial charge in [0.1, 0.15) is 0 Å². The van der Waals surface area contributed by atoms with Crippen LogP contribution in [0.4, 0.5) is 0 Å². The number of hydrogen-bond acceptors (Lipinski definition) is 5. The van der Waals surface area contributed by atoms with Crippen molar-refractivity contribution < 1.29 is 19.1 Å². The van der Waals surface area contributed by atoms with Crippen molar-refractivity contribution in [2.45, 2.75) is 19.4 Å². The van der Waals surface area contributed by atoms with Crippen molar-refractivity contribution in [2.75, 3.05) is 6.54 Å². The molecule has 0 radical (unpaired) electrons. The van der Waals surface area contributed by atoms with E-state index in [9.17, 15) is 9.90 Å². The summed E-state index contributed by atoms with van der Waals surface area (Å²) in [7, 11) is 0. The predicted molar refractivity (Wildman–Crippen MR) is 64.4 cm³/mol. The lowest BCUT2D eigenvalue weighted by molar-refractivity contribution is -0.783. The van der Waals surface area contributed by atoms with E-state index in [1.54, 1.807) is 0 Å². The molecule has 100 valence electrons. The van der Waals surface area contributed by atoms with Gasteiger partial charge in [0.15, 0.2) is 12.0 Å². The normalized spacial score (nSPS) is 12.3. The van der Waals surface area contributed by atoms with Gasteiger partial charge in [-0.1, -0.05) is 35.0 Å². The van der Waals surface area contributed by atoms with Crippen LogP contribution in [0.25, 0.3) is 0 Å². The van der Waals surface area contributed by atoms with E-state index in [4.69, 9.17) is 5.73 Å². The molecule has 1 aromatic carbocycles. The summed E-state index contributed by atoms with van der Waals surface area (Å²) in [6.07, 6.45) is 0.641. The van der Waals surface area contributed by atoms with Gasteiger partial charge in [-0.25, -0.2) is 0 Å². The maximum atomic E-state index is 11.6. The van der Waals surface area contributed by atoms with Crippen LogP contribution in [-0.4, -0.2) is 17.6 Å². The lowest BCUT2D eigenvalue weighted by Crippen LogP contribution is -2.46. The van der Waals surface area contributed by atoms with Crippen LogP contribution in [0.1, 0.15) is 29.0 Å². The smallest absolute Gasteiger partial charge is 0.301 e. The van der Waals surface area contributed by atoms with Crippen LogP contribution in [0.3, 0.4) is 0 Å². The molecular weight excluding hydrogens is 246 g/mol. The molecule has 6 nitrogen and oxygen atoms in total. The van der Waals surface area contributed by atoms with E-state index in [2.05, 4.69) is 9.79 Å². The summed E-state index contributed by atoms with van der Waals surface area (Å²) in [5.41, 5.74) is 6.28. The highest BCUT2D eigenvalue weighted by Gasteiger charge is 2.28. The third-order valence-electron chi connectivity index (χ3n) is 2.88. The highest BCUT2D eigenvalue weighted by atomic mass is 16.6. The first-order valence-corrected chi connectivity index (χ1v) is 5.99. The molecule has 0 aliphatic rings. The number of nitrogens with two attached hydrogens (primary N) is 1. The fourth-order valence-electron chi connectivity index (χ4n) is 1.94. The summed E-state index contributed by atoms with van der Waals surface area (Å²) in [6, 6.07) is 9.57. The van der Waals surface area contributed by atoms with Gasteiger partial charge in [-0.05, 0) is 5.56 Å². The van der Waals surface area contributed by atoms with Crippen LogP contribution in [0, 0.1) is 0 Å². The lowest BCUT2D eigenvalue weighted by atomic mass is 10.1. The average Bonchev–Trinajstić information content (AvgIpc) is 2.81. The second-order valence-corrected chi connectivity index (χ2v) is 4.32. The monoisotopic (exact) mass is 261 g/mol. The number of rotatable bonds is 5. The van der Waals surface area contributed by atoms with Gasteiger partial charge in [0.25, 0.3) is 0 Å². The zero-order valence-corrected chi connectivity index (χ0v) is 10.6. The number of nitrogens with zero attached hydrogens (tertiary/aromatic N) is 2. The first-order valence-electron chi connectivity index (χ1n) is 5.99. The molecule has 0 saturated carbocycles. The summed E-state index contributed by atoms with van der Waals surface area (Å²) < 4.78 is 5.87. The Morgan fingerprint density at radius 1 is 1.47 bits per heavy atom. The van der Waals surface area contributed by atoms with E-state index in [0.29, 0.717) is 6.42 Å². The maximum Gasteiger partial charge on any atom is 0.301 e. The lowest BCUT2D eigenvalue weighted by Gasteiger charge is -2.05. The zero-order valence-electron chi connectivity index (χ0n) is 10.6. The van der Waals surface area contributed by atoms with Gasteiger partial charge in [-0.3, -0.25) is 4.79 Å². The van der Waals surface area contributed by atoms with E-state index in [1.807, 2.05) is 37.3 Å². The Bertz CT molecular complexity index is 566. The van der Waals surface area contributed by atoms with Crippen LogP contribution < -0.4 is 15.5 Å². The predicted octanol–water partition coefficient (Wildman–Crippen LogP) is -0.0192. The Morgan fingerprint density at radius 2 is 2.16 bits per heavy atom. The van der Waals surface area contributed by atoms with Crippen molar-refractivity contribution in [3.8, 4) is 5.95 Å². The van der Waals surface area contributed by atoms with Crippen LogP contribution >= 0.6 is 0 Å². The largest absolute Gasteiger partial charge is 0.539 e. The van der Waals surface area contributed by atoms with Crippen molar-refractivity contribution in [3.63, 3.8) is 0 Å². The Hall–Kier alpha value is -2.21. The summed E-state index contributed by atoms with van der Waals surface area (Å²) in [6.45, 7) is 1.62. The molecular formula is C13H15N3O3. The summed E-state index contributed by atoms with van der Waals surface area (Å²) in [5, 5.41) is 15.1. The molecule has 1 aromatic heterocycles. The average molecular weight is 261 g/mol. The molecule has 0 bridgehead atoms. The second-order valence-electron chi connectivity index (χ2n) is 4.32. The van der Waals surface area contributed by atoms with Gasteiger partial charge < -0.3 is 15.4 Å². The molecule has 2 N–H and O–H groups in total. The fourth-order valence-corrected chi connectivity index (χ4v) is 1.94. The van der Waals surface area contributed by atoms with Crippen LogP contribution in [0.15, 0.2) is 34.9 Å². The molecule has 0 saturated heterocycles. The second kappa shape index (κ2) is 5.62. The van der Waals surface area contributed by atoms with Crippen molar-refractivity contribution in [1.29, 1.82) is 0 Å². The van der Waals surface area contributed by atoms with Gasteiger partial charge in [0, 0.05) is 13.3 Å². The molecule has 0 aliphatic carbocycles. The van der Waals surface area contributed by atoms with E-state index >= 15 is 0 Å². The molecule has 0 amide bonds. The van der Waals surface area contributed by atoms with Gasteiger partial charge in [0.05, 0.1) is 11.8 Å². The molecule has 6 heteroatoms. The first kappa shape index (κ1) is 13.2. The number of hydrogen-bond donors (Lipinski definition) is 1. The van der Waals surface area contributed by atoms with Crippen molar-refractivity contribution in [3.05, 3.63) is 41.6 Å². The first-order chi connectivity index (χ1) is 9.13. The molecule has 1 heterocycles. The number of carbonyl (C=O) groups is 1. The van der Waals surface area contributed by atoms with Crippen molar-refractivity contribution >= 4 is 5.78 Å². The molecule has 0 fully saturated rings. The Balaban J connectivity index is 2.24. The van der Waals surface area contributed by atoms with Gasteiger partial charge in [-0.2, -0.15) is 0 Å². The molecule has 0 spiro atoms.